The van der Waals surface area contributed by atoms with Crippen molar-refractivity contribution in [3.05, 3.63) is 57.8 Å². The first-order chi connectivity index (χ1) is 24.2. The van der Waals surface area contributed by atoms with Gasteiger partial charge >= 0.3 is 11.9 Å². The summed E-state index contributed by atoms with van der Waals surface area (Å²) in [7, 11) is 0. The van der Waals surface area contributed by atoms with Crippen LogP contribution < -0.4 is 9.47 Å². The Kier molecular flexibility index (Phi) is 28.7. The van der Waals surface area contributed by atoms with Gasteiger partial charge in [-0.15, -0.1) is 0 Å². The third kappa shape index (κ3) is 23.1. The zero-order chi connectivity index (χ0) is 36.4. The summed E-state index contributed by atoms with van der Waals surface area (Å²) in [5, 5.41) is 0. The summed E-state index contributed by atoms with van der Waals surface area (Å²) < 4.78 is 29.7. The van der Waals surface area contributed by atoms with Gasteiger partial charge in [0.1, 0.15) is 24.7 Å². The van der Waals surface area contributed by atoms with E-state index in [2.05, 4.69) is 160 Å². The van der Waals surface area contributed by atoms with E-state index >= 15 is 0 Å². The molecule has 2 rings (SSSR count). The lowest BCUT2D eigenvalue weighted by molar-refractivity contribution is -0.143. The molecule has 2 aromatic carbocycles. The van der Waals surface area contributed by atoms with E-state index in [1.807, 2.05) is 0 Å². The minimum absolute atomic E-state index is 0.166. The van der Waals surface area contributed by atoms with Gasteiger partial charge in [-0.05, 0) is 198 Å². The Morgan fingerprint density at radius 3 is 1.04 bits per heavy atom. The van der Waals surface area contributed by atoms with Crippen LogP contribution in [-0.2, 0) is 19.1 Å². The first kappa shape index (κ1) is 47.3. The highest BCUT2D eigenvalue weighted by Crippen LogP contribution is 2.31. The molecule has 0 heterocycles. The lowest BCUT2D eigenvalue weighted by atomic mass is 10.1. The molecule has 6 nitrogen and oxygen atoms in total. The summed E-state index contributed by atoms with van der Waals surface area (Å²) >= 11 is 14.1. The highest BCUT2D eigenvalue weighted by Gasteiger charge is 2.09. The lowest BCUT2D eigenvalue weighted by Gasteiger charge is -2.11. The van der Waals surface area contributed by atoms with Crippen LogP contribution in [0.3, 0.4) is 0 Å². The topological polar surface area (TPSA) is 71.1 Å². The third-order valence-corrected chi connectivity index (χ3v) is 12.3. The van der Waals surface area contributed by atoms with Crippen molar-refractivity contribution in [2.45, 2.75) is 116 Å². The largest absolute Gasteiger partial charge is 0.491 e. The monoisotopic (exact) mass is 1360 g/mol. The minimum atomic E-state index is -0.166. The normalized spacial score (nSPS) is 11.2. The number of esters is 2. The fourth-order valence-corrected chi connectivity index (χ4v) is 12.9. The van der Waals surface area contributed by atoms with Gasteiger partial charge in [0.2, 0.25) is 0 Å². The molecular formula is C38H50I6O6. The number of carbonyl (C=O) groups excluding carboxylic acids is 2. The van der Waals surface area contributed by atoms with E-state index in [1.165, 1.54) is 72.8 Å². The Labute approximate surface area is 382 Å². The van der Waals surface area contributed by atoms with Crippen molar-refractivity contribution in [3.8, 4) is 11.5 Å². The van der Waals surface area contributed by atoms with E-state index < -0.39 is 0 Å². The molecule has 12 heteroatoms. The van der Waals surface area contributed by atoms with Gasteiger partial charge in [-0.1, -0.05) is 77.0 Å². The van der Waals surface area contributed by atoms with Gasteiger partial charge in [0, 0.05) is 20.0 Å². The van der Waals surface area contributed by atoms with E-state index in [0.717, 1.165) is 76.1 Å². The quantitative estimate of drug-likeness (QED) is 0.0366. The van der Waals surface area contributed by atoms with Gasteiger partial charge in [0.15, 0.2) is 0 Å². The maximum absolute atomic E-state index is 12.0. The van der Waals surface area contributed by atoms with Gasteiger partial charge in [0.25, 0.3) is 0 Å². The molecule has 0 spiro atoms. The van der Waals surface area contributed by atoms with Crippen molar-refractivity contribution < 1.29 is 28.5 Å². The van der Waals surface area contributed by atoms with Crippen LogP contribution in [0.5, 0.6) is 11.5 Å². The van der Waals surface area contributed by atoms with Crippen molar-refractivity contribution in [3.63, 3.8) is 0 Å². The zero-order valence-electron chi connectivity index (χ0n) is 28.7. The van der Waals surface area contributed by atoms with Crippen LogP contribution in [0.25, 0.3) is 0 Å². The molecule has 0 N–H and O–H groups in total. The highest BCUT2D eigenvalue weighted by atomic mass is 127. The van der Waals surface area contributed by atoms with Crippen LogP contribution in [0.4, 0.5) is 0 Å². The van der Waals surface area contributed by atoms with Crippen LogP contribution in [0, 0.1) is 21.4 Å². The number of carbonyl (C=O) groups is 2. The van der Waals surface area contributed by atoms with Gasteiger partial charge in [-0.3, -0.25) is 9.59 Å². The Hall–Kier alpha value is 1.10. The number of ether oxygens (including phenoxy) is 4. The number of rotatable bonds is 28. The fraction of sp³-hybridized carbons (Fsp3) is 0.579. The molecule has 0 radical (unpaired) electrons. The number of hydrogen-bond acceptors (Lipinski definition) is 6. The summed E-state index contributed by atoms with van der Waals surface area (Å²) in [4.78, 5) is 23.9. The molecule has 0 bridgehead atoms. The molecule has 0 atom stereocenters. The summed E-state index contributed by atoms with van der Waals surface area (Å²) in [5.74, 6) is 1.69. The van der Waals surface area contributed by atoms with E-state index in [1.54, 1.807) is 12.2 Å². The van der Waals surface area contributed by atoms with Crippen molar-refractivity contribution in [2.75, 3.05) is 26.4 Å². The molecule has 280 valence electrons. The first-order valence-corrected chi connectivity index (χ1v) is 24.2. The summed E-state index contributed by atoms with van der Waals surface area (Å²) in [6, 6.07) is 8.59. The molecule has 0 saturated heterocycles. The van der Waals surface area contributed by atoms with Gasteiger partial charge in [-0.2, -0.15) is 0 Å². The average Bonchev–Trinajstić information content (AvgIpc) is 3.05. The Bertz CT molecular complexity index is 1160. The Morgan fingerprint density at radius 1 is 0.440 bits per heavy atom. The van der Waals surface area contributed by atoms with E-state index in [-0.39, 0.29) is 25.2 Å². The zero-order valence-corrected chi connectivity index (χ0v) is 41.7. The standard InChI is InChI=1S/C38H50I6O6/c39-29-25-31(41)37(32(42)26-29)49-23-15-11-7-3-1-5-9-13-19-35(45)47-21-17-18-22-48-36(46)20-14-10-6-2-4-8-12-16-24-50-38-33(43)27-30(40)28-34(38)44/h17-18,25-28H,1-16,19-24H2/b18-17-. The van der Waals surface area contributed by atoms with E-state index in [9.17, 15) is 9.59 Å². The molecule has 0 saturated carbocycles. The predicted molar refractivity (Wildman–Crippen MR) is 254 cm³/mol. The van der Waals surface area contributed by atoms with Crippen LogP contribution >= 0.6 is 136 Å². The molecule has 0 aromatic heterocycles. The van der Waals surface area contributed by atoms with Crippen molar-refractivity contribution >= 4 is 147 Å². The molecule has 0 fully saturated rings. The van der Waals surface area contributed by atoms with Crippen molar-refractivity contribution in [1.82, 2.24) is 0 Å². The van der Waals surface area contributed by atoms with Crippen LogP contribution in [0.1, 0.15) is 116 Å². The van der Waals surface area contributed by atoms with Crippen molar-refractivity contribution in [2.24, 2.45) is 0 Å². The SMILES string of the molecule is O=C(CCCCCCCCCCOc1c(I)cc(I)cc1I)OC/C=C\COC(=O)CCCCCCCCCCOc1c(I)cc(I)cc1I. The molecule has 0 aliphatic rings. The average molecular weight is 1360 g/mol. The lowest BCUT2D eigenvalue weighted by Crippen LogP contribution is -2.05. The summed E-state index contributed by atoms with van der Waals surface area (Å²) in [6.45, 7) is 1.98. The second kappa shape index (κ2) is 30.3. The van der Waals surface area contributed by atoms with Crippen molar-refractivity contribution in [1.29, 1.82) is 0 Å². The van der Waals surface area contributed by atoms with Gasteiger partial charge in [0.05, 0.1) is 27.5 Å². The summed E-state index contributed by atoms with van der Waals surface area (Å²) in [5.41, 5.74) is 0. The van der Waals surface area contributed by atoms with Crippen LogP contribution in [-0.4, -0.2) is 38.4 Å². The smallest absolute Gasteiger partial charge is 0.306 e. The molecule has 0 aliphatic heterocycles. The Balaban J connectivity index is 1.30. The van der Waals surface area contributed by atoms with E-state index in [4.69, 9.17) is 18.9 Å². The van der Waals surface area contributed by atoms with Crippen LogP contribution in [0.15, 0.2) is 36.4 Å². The van der Waals surface area contributed by atoms with Crippen LogP contribution in [0.2, 0.25) is 0 Å². The fourth-order valence-electron chi connectivity index (χ4n) is 5.11. The molecule has 0 unspecified atom stereocenters. The molecule has 0 amide bonds. The molecule has 0 aliphatic carbocycles. The predicted octanol–water partition coefficient (Wildman–Crippen LogP) is 13.4. The maximum atomic E-state index is 12.0. The van der Waals surface area contributed by atoms with Gasteiger partial charge in [-0.25, -0.2) is 0 Å². The number of benzene rings is 2. The number of hydrogen-bond donors (Lipinski definition) is 0. The minimum Gasteiger partial charge on any atom is -0.491 e. The molecule has 50 heavy (non-hydrogen) atoms. The highest BCUT2D eigenvalue weighted by molar-refractivity contribution is 14.1. The second-order valence-corrected chi connectivity index (χ2v) is 19.2. The maximum Gasteiger partial charge on any atom is 0.306 e. The third-order valence-electron chi connectivity index (χ3n) is 7.82. The van der Waals surface area contributed by atoms with Gasteiger partial charge < -0.3 is 18.9 Å². The molecular weight excluding hydrogens is 1310 g/mol. The van der Waals surface area contributed by atoms with E-state index in [0.29, 0.717) is 12.8 Å². The number of halogens is 6. The second-order valence-electron chi connectivity index (χ2n) is 12.1. The number of unbranched alkanes of at least 4 members (excludes halogenated alkanes) is 14. The Morgan fingerprint density at radius 2 is 0.720 bits per heavy atom. The first-order valence-electron chi connectivity index (χ1n) is 17.7. The summed E-state index contributed by atoms with van der Waals surface area (Å²) in [6.07, 6.45) is 22.4. The molecule has 2 aromatic rings.